The van der Waals surface area contributed by atoms with Gasteiger partial charge < -0.3 is 10.6 Å². The highest BCUT2D eigenvalue weighted by Crippen LogP contribution is 2.16. The summed E-state index contributed by atoms with van der Waals surface area (Å²) in [6.45, 7) is 1.46. The van der Waals surface area contributed by atoms with Crippen LogP contribution in [0.15, 0.2) is 72.8 Å². The van der Waals surface area contributed by atoms with Crippen LogP contribution in [0.25, 0.3) is 0 Å². The highest BCUT2D eigenvalue weighted by molar-refractivity contribution is 6.07. The molecule has 3 rings (SSSR count). The second-order valence-electron chi connectivity index (χ2n) is 6.28. The van der Waals surface area contributed by atoms with Gasteiger partial charge in [-0.05, 0) is 55.5 Å². The Morgan fingerprint density at radius 2 is 1.38 bits per heavy atom. The van der Waals surface area contributed by atoms with Crippen molar-refractivity contribution in [2.24, 2.45) is 0 Å². The summed E-state index contributed by atoms with van der Waals surface area (Å²) in [5.41, 5.74) is 2.53. The SMILES string of the molecule is CC(=O)c1cccc(NC(=O)c2ccc(C(=O)Nc3ccccc3C#N)cc2)c1. The van der Waals surface area contributed by atoms with Crippen molar-refractivity contribution in [1.29, 1.82) is 5.26 Å². The van der Waals surface area contributed by atoms with Gasteiger partial charge in [0.25, 0.3) is 11.8 Å². The molecule has 6 heteroatoms. The first-order chi connectivity index (χ1) is 14.0. The van der Waals surface area contributed by atoms with Crippen molar-refractivity contribution >= 4 is 29.0 Å². The second kappa shape index (κ2) is 8.63. The number of carbonyl (C=O) groups excluding carboxylic acids is 3. The van der Waals surface area contributed by atoms with Crippen molar-refractivity contribution < 1.29 is 14.4 Å². The van der Waals surface area contributed by atoms with Crippen LogP contribution in [0.3, 0.4) is 0 Å². The van der Waals surface area contributed by atoms with Gasteiger partial charge in [-0.2, -0.15) is 5.26 Å². The topological polar surface area (TPSA) is 99.1 Å². The summed E-state index contributed by atoms with van der Waals surface area (Å²) in [6.07, 6.45) is 0. The molecule has 0 bridgehead atoms. The zero-order valence-corrected chi connectivity index (χ0v) is 15.6. The third-order valence-electron chi connectivity index (χ3n) is 4.23. The van der Waals surface area contributed by atoms with Gasteiger partial charge >= 0.3 is 0 Å². The van der Waals surface area contributed by atoms with Gasteiger partial charge in [-0.1, -0.05) is 24.3 Å². The summed E-state index contributed by atoms with van der Waals surface area (Å²) in [5, 5.41) is 14.5. The van der Waals surface area contributed by atoms with E-state index in [4.69, 9.17) is 5.26 Å². The highest BCUT2D eigenvalue weighted by atomic mass is 16.2. The van der Waals surface area contributed by atoms with E-state index < -0.39 is 0 Å². The normalized spacial score (nSPS) is 9.93. The number of hydrogen-bond donors (Lipinski definition) is 2. The van der Waals surface area contributed by atoms with Crippen LogP contribution < -0.4 is 10.6 Å². The van der Waals surface area contributed by atoms with E-state index in [1.807, 2.05) is 6.07 Å². The maximum absolute atomic E-state index is 12.4. The first-order valence-corrected chi connectivity index (χ1v) is 8.81. The minimum Gasteiger partial charge on any atom is -0.322 e. The molecule has 0 heterocycles. The fraction of sp³-hybridized carbons (Fsp3) is 0.0435. The quantitative estimate of drug-likeness (QED) is 0.643. The van der Waals surface area contributed by atoms with E-state index in [0.29, 0.717) is 33.6 Å². The number of hydrogen-bond acceptors (Lipinski definition) is 4. The zero-order chi connectivity index (χ0) is 20.8. The van der Waals surface area contributed by atoms with Crippen LogP contribution in [0.2, 0.25) is 0 Å². The summed E-state index contributed by atoms with van der Waals surface area (Å²) in [4.78, 5) is 36.3. The summed E-state index contributed by atoms with van der Waals surface area (Å²) < 4.78 is 0. The molecule has 2 amide bonds. The molecule has 29 heavy (non-hydrogen) atoms. The number of nitriles is 1. The largest absolute Gasteiger partial charge is 0.322 e. The second-order valence-corrected chi connectivity index (χ2v) is 6.28. The molecule has 2 N–H and O–H groups in total. The van der Waals surface area contributed by atoms with Crippen molar-refractivity contribution in [3.63, 3.8) is 0 Å². The first-order valence-electron chi connectivity index (χ1n) is 8.81. The third-order valence-corrected chi connectivity index (χ3v) is 4.23. The average Bonchev–Trinajstić information content (AvgIpc) is 2.74. The van der Waals surface area contributed by atoms with E-state index in [1.54, 1.807) is 48.5 Å². The molecule has 0 spiro atoms. The number of nitrogens with zero attached hydrogens (tertiary/aromatic N) is 1. The Morgan fingerprint density at radius 3 is 2.00 bits per heavy atom. The first kappa shape index (κ1) is 19.5. The number of benzene rings is 3. The van der Waals surface area contributed by atoms with Crippen LogP contribution in [0.4, 0.5) is 11.4 Å². The van der Waals surface area contributed by atoms with Crippen LogP contribution in [-0.4, -0.2) is 17.6 Å². The lowest BCUT2D eigenvalue weighted by Crippen LogP contribution is -2.15. The monoisotopic (exact) mass is 383 g/mol. The molecule has 142 valence electrons. The van der Waals surface area contributed by atoms with Gasteiger partial charge in [-0.25, -0.2) is 0 Å². The number of anilines is 2. The lowest BCUT2D eigenvalue weighted by molar-refractivity contribution is 0.101. The van der Waals surface area contributed by atoms with Crippen molar-refractivity contribution in [3.8, 4) is 6.07 Å². The number of rotatable bonds is 5. The molecule has 0 radical (unpaired) electrons. The molecule has 3 aromatic carbocycles. The molecule has 0 saturated carbocycles. The van der Waals surface area contributed by atoms with E-state index in [2.05, 4.69) is 10.6 Å². The van der Waals surface area contributed by atoms with E-state index in [-0.39, 0.29) is 17.6 Å². The fourth-order valence-corrected chi connectivity index (χ4v) is 2.68. The molecule has 3 aromatic rings. The van der Waals surface area contributed by atoms with E-state index in [0.717, 1.165) is 0 Å². The van der Waals surface area contributed by atoms with Crippen LogP contribution in [0, 0.1) is 11.3 Å². The molecule has 0 aliphatic heterocycles. The molecule has 0 atom stereocenters. The van der Waals surface area contributed by atoms with Crippen LogP contribution in [0.1, 0.15) is 43.6 Å². The van der Waals surface area contributed by atoms with E-state index >= 15 is 0 Å². The standard InChI is InChI=1S/C23H17N3O3/c1-15(27)18-6-4-7-20(13-18)25-22(28)16-9-11-17(12-10-16)23(29)26-21-8-3-2-5-19(21)14-24/h2-13H,1H3,(H,25,28)(H,26,29). The minimum atomic E-state index is -0.381. The van der Waals surface area contributed by atoms with Crippen LogP contribution in [0.5, 0.6) is 0 Å². The molecule has 6 nitrogen and oxygen atoms in total. The Morgan fingerprint density at radius 1 is 0.759 bits per heavy atom. The maximum Gasteiger partial charge on any atom is 0.255 e. The number of nitrogens with one attached hydrogen (secondary N) is 2. The molecule has 0 aliphatic rings. The van der Waals surface area contributed by atoms with Gasteiger partial charge in [0.2, 0.25) is 0 Å². The van der Waals surface area contributed by atoms with Crippen LogP contribution >= 0.6 is 0 Å². The Hall–Kier alpha value is -4.24. The molecule has 0 aliphatic carbocycles. The predicted octanol–water partition coefficient (Wildman–Crippen LogP) is 4.27. The van der Waals surface area contributed by atoms with Crippen molar-refractivity contribution in [3.05, 3.63) is 95.1 Å². The van der Waals surface area contributed by atoms with Crippen molar-refractivity contribution in [2.45, 2.75) is 6.92 Å². The van der Waals surface area contributed by atoms with Crippen molar-refractivity contribution in [2.75, 3.05) is 10.6 Å². The lowest BCUT2D eigenvalue weighted by Gasteiger charge is -2.09. The molecular weight excluding hydrogens is 366 g/mol. The number of ketones is 1. The third kappa shape index (κ3) is 4.73. The smallest absolute Gasteiger partial charge is 0.255 e. The van der Waals surface area contributed by atoms with Crippen LogP contribution in [-0.2, 0) is 0 Å². The Bertz CT molecular complexity index is 1130. The Kier molecular flexibility index (Phi) is 5.81. The summed E-state index contributed by atoms with van der Waals surface area (Å²) in [7, 11) is 0. The summed E-state index contributed by atoms with van der Waals surface area (Å²) in [5.74, 6) is -0.823. The summed E-state index contributed by atoms with van der Waals surface area (Å²) in [6, 6.07) is 21.5. The maximum atomic E-state index is 12.4. The molecule has 0 saturated heterocycles. The molecule has 0 fully saturated rings. The lowest BCUT2D eigenvalue weighted by atomic mass is 10.1. The van der Waals surface area contributed by atoms with Gasteiger partial charge in [0.15, 0.2) is 5.78 Å². The van der Waals surface area contributed by atoms with Gasteiger partial charge in [-0.15, -0.1) is 0 Å². The number of carbonyl (C=O) groups is 3. The zero-order valence-electron chi connectivity index (χ0n) is 15.6. The van der Waals surface area contributed by atoms with Gasteiger partial charge in [0.05, 0.1) is 11.3 Å². The molecular formula is C23H17N3O3. The van der Waals surface area contributed by atoms with E-state index in [9.17, 15) is 14.4 Å². The average molecular weight is 383 g/mol. The number of Topliss-reactive ketones (excluding diaryl/α,β-unsaturated/α-hetero) is 1. The molecule has 0 unspecified atom stereocenters. The number of para-hydroxylation sites is 1. The van der Waals surface area contributed by atoms with Gasteiger partial charge in [0.1, 0.15) is 6.07 Å². The highest BCUT2D eigenvalue weighted by Gasteiger charge is 2.11. The predicted molar refractivity (Wildman–Crippen MR) is 110 cm³/mol. The van der Waals surface area contributed by atoms with E-state index in [1.165, 1.54) is 31.2 Å². The number of amides is 2. The Labute approximate surface area is 167 Å². The van der Waals surface area contributed by atoms with Crippen molar-refractivity contribution in [1.82, 2.24) is 0 Å². The molecule has 0 aromatic heterocycles. The Balaban J connectivity index is 1.70. The minimum absolute atomic E-state index is 0.0885. The fourth-order valence-electron chi connectivity index (χ4n) is 2.68. The van der Waals surface area contributed by atoms with Gasteiger partial charge in [0, 0.05) is 22.4 Å². The summed E-state index contributed by atoms with van der Waals surface area (Å²) >= 11 is 0. The van der Waals surface area contributed by atoms with Gasteiger partial charge in [-0.3, -0.25) is 14.4 Å².